The maximum Gasteiger partial charge on any atom is 0.224 e. The lowest BCUT2D eigenvalue weighted by atomic mass is 10.3. The second kappa shape index (κ2) is 9.92. The highest BCUT2D eigenvalue weighted by Gasteiger charge is 2.04. The molecule has 3 N–H and O–H groups in total. The quantitative estimate of drug-likeness (QED) is 0.432. The summed E-state index contributed by atoms with van der Waals surface area (Å²) in [6.45, 7) is 2.84. The number of aliphatic hydroxyl groups is 1. The second-order valence-corrected chi connectivity index (χ2v) is 6.72. The Bertz CT molecular complexity index is 886. The molecule has 0 radical (unpaired) electrons. The van der Waals surface area contributed by atoms with E-state index in [0.717, 1.165) is 42.3 Å². The highest BCUT2D eigenvalue weighted by atomic mass is 35.5. The average Bonchev–Trinajstić information content (AvgIpc) is 2.68. The van der Waals surface area contributed by atoms with Gasteiger partial charge in [-0.2, -0.15) is 4.98 Å². The van der Waals surface area contributed by atoms with Gasteiger partial charge in [-0.25, -0.2) is 4.98 Å². The number of halogens is 1. The molecule has 0 amide bonds. The van der Waals surface area contributed by atoms with Crippen LogP contribution in [0.2, 0.25) is 5.02 Å². The molecule has 3 rings (SSSR count). The van der Waals surface area contributed by atoms with Gasteiger partial charge in [0.05, 0.1) is 0 Å². The van der Waals surface area contributed by atoms with Crippen molar-refractivity contribution >= 4 is 29.1 Å². The first kappa shape index (κ1) is 19.9. The zero-order valence-corrected chi connectivity index (χ0v) is 16.4. The van der Waals surface area contributed by atoms with Crippen LogP contribution in [0.25, 0.3) is 0 Å². The van der Waals surface area contributed by atoms with E-state index in [2.05, 4.69) is 20.6 Å². The van der Waals surface area contributed by atoms with E-state index in [1.807, 2.05) is 49.4 Å². The van der Waals surface area contributed by atoms with Crippen LogP contribution in [0.1, 0.15) is 18.5 Å². The molecule has 0 aliphatic carbocycles. The molecule has 146 valence electrons. The molecule has 0 aliphatic heterocycles. The normalized spacial score (nSPS) is 10.5. The molecule has 0 atom stereocenters. The summed E-state index contributed by atoms with van der Waals surface area (Å²) in [5.74, 6) is 2.75. The van der Waals surface area contributed by atoms with Crippen molar-refractivity contribution in [2.75, 3.05) is 23.8 Å². The number of aromatic nitrogens is 2. The van der Waals surface area contributed by atoms with Gasteiger partial charge in [0, 0.05) is 35.6 Å². The summed E-state index contributed by atoms with van der Waals surface area (Å²) in [5, 5.41) is 16.0. The van der Waals surface area contributed by atoms with E-state index >= 15 is 0 Å². The van der Waals surface area contributed by atoms with Gasteiger partial charge < -0.3 is 20.5 Å². The van der Waals surface area contributed by atoms with Crippen molar-refractivity contribution in [2.24, 2.45) is 0 Å². The number of hydrogen-bond acceptors (Lipinski definition) is 6. The third-order valence-corrected chi connectivity index (χ3v) is 4.15. The molecule has 0 saturated carbocycles. The Balaban J connectivity index is 1.61. The van der Waals surface area contributed by atoms with Crippen molar-refractivity contribution in [3.63, 3.8) is 0 Å². The van der Waals surface area contributed by atoms with Gasteiger partial charge in [0.25, 0.3) is 0 Å². The standard InChI is InChI=1S/C21H23ClN4O2/c1-15-14-20(26-21(24-15)23-12-2-3-13-27)25-17-6-10-19(11-7-17)28-18-8-4-16(22)5-9-18/h4-11,14,27H,2-3,12-13H2,1H3,(H2,23,24,25,26). The number of ether oxygens (including phenoxy) is 1. The fourth-order valence-corrected chi connectivity index (χ4v) is 2.67. The molecule has 1 heterocycles. The van der Waals surface area contributed by atoms with Crippen molar-refractivity contribution in [3.05, 3.63) is 65.3 Å². The van der Waals surface area contributed by atoms with Crippen LogP contribution in [0, 0.1) is 6.92 Å². The third kappa shape index (κ3) is 6.11. The van der Waals surface area contributed by atoms with Crippen molar-refractivity contribution in [2.45, 2.75) is 19.8 Å². The van der Waals surface area contributed by atoms with Gasteiger partial charge in [-0.3, -0.25) is 0 Å². The minimum Gasteiger partial charge on any atom is -0.457 e. The zero-order chi connectivity index (χ0) is 19.8. The molecule has 1 aromatic heterocycles. The largest absolute Gasteiger partial charge is 0.457 e. The number of benzene rings is 2. The minimum absolute atomic E-state index is 0.195. The minimum atomic E-state index is 0.195. The summed E-state index contributed by atoms with van der Waals surface area (Å²) in [5.41, 5.74) is 1.76. The maximum atomic E-state index is 8.85. The second-order valence-electron chi connectivity index (χ2n) is 6.28. The number of aryl methyl sites for hydroxylation is 1. The van der Waals surface area contributed by atoms with Crippen LogP contribution in [0.3, 0.4) is 0 Å². The molecule has 0 saturated heterocycles. The van der Waals surface area contributed by atoms with E-state index in [0.29, 0.717) is 16.8 Å². The summed E-state index contributed by atoms with van der Waals surface area (Å²) in [6, 6.07) is 16.8. The molecule has 28 heavy (non-hydrogen) atoms. The molecular formula is C21H23ClN4O2. The van der Waals surface area contributed by atoms with Gasteiger partial charge >= 0.3 is 0 Å². The van der Waals surface area contributed by atoms with E-state index in [1.165, 1.54) is 0 Å². The number of hydrogen-bond donors (Lipinski definition) is 3. The molecule has 0 spiro atoms. The van der Waals surface area contributed by atoms with Gasteiger partial charge in [0.1, 0.15) is 17.3 Å². The average molecular weight is 399 g/mol. The van der Waals surface area contributed by atoms with Gasteiger partial charge in [-0.05, 0) is 68.3 Å². The number of rotatable bonds is 9. The summed E-state index contributed by atoms with van der Waals surface area (Å²) >= 11 is 5.89. The molecule has 2 aromatic carbocycles. The summed E-state index contributed by atoms with van der Waals surface area (Å²) in [7, 11) is 0. The third-order valence-electron chi connectivity index (χ3n) is 3.90. The van der Waals surface area contributed by atoms with Crippen LogP contribution in [-0.2, 0) is 0 Å². The highest BCUT2D eigenvalue weighted by molar-refractivity contribution is 6.30. The van der Waals surface area contributed by atoms with Crippen molar-refractivity contribution in [1.82, 2.24) is 9.97 Å². The first-order valence-corrected chi connectivity index (χ1v) is 9.51. The SMILES string of the molecule is Cc1cc(Nc2ccc(Oc3ccc(Cl)cc3)cc2)nc(NCCCCO)n1. The van der Waals surface area contributed by atoms with E-state index in [9.17, 15) is 0 Å². The van der Waals surface area contributed by atoms with Crippen LogP contribution in [0.15, 0.2) is 54.6 Å². The molecule has 0 aliphatic rings. The van der Waals surface area contributed by atoms with Gasteiger partial charge in [-0.15, -0.1) is 0 Å². The predicted molar refractivity (Wildman–Crippen MR) is 113 cm³/mol. The molecular weight excluding hydrogens is 376 g/mol. The van der Waals surface area contributed by atoms with Crippen molar-refractivity contribution in [1.29, 1.82) is 0 Å². The fraction of sp³-hybridized carbons (Fsp3) is 0.238. The van der Waals surface area contributed by atoms with Crippen LogP contribution in [0.4, 0.5) is 17.5 Å². The fourth-order valence-electron chi connectivity index (χ4n) is 2.54. The molecule has 3 aromatic rings. The molecule has 0 unspecified atom stereocenters. The Morgan fingerprint density at radius 1 is 0.964 bits per heavy atom. The molecule has 0 bridgehead atoms. The lowest BCUT2D eigenvalue weighted by Gasteiger charge is -2.11. The van der Waals surface area contributed by atoms with Crippen LogP contribution >= 0.6 is 11.6 Å². The van der Waals surface area contributed by atoms with Crippen molar-refractivity contribution in [3.8, 4) is 11.5 Å². The van der Waals surface area contributed by atoms with Gasteiger partial charge in [0.15, 0.2) is 0 Å². The monoisotopic (exact) mass is 398 g/mol. The Kier molecular flexibility index (Phi) is 7.06. The summed E-state index contributed by atoms with van der Waals surface area (Å²) in [4.78, 5) is 8.87. The Morgan fingerprint density at radius 2 is 1.64 bits per heavy atom. The summed E-state index contributed by atoms with van der Waals surface area (Å²) < 4.78 is 5.80. The lowest BCUT2D eigenvalue weighted by molar-refractivity contribution is 0.286. The number of nitrogens with one attached hydrogen (secondary N) is 2. The van der Waals surface area contributed by atoms with Gasteiger partial charge in [-0.1, -0.05) is 11.6 Å². The number of unbranched alkanes of at least 4 members (excludes halogenated alkanes) is 1. The zero-order valence-electron chi connectivity index (χ0n) is 15.7. The van der Waals surface area contributed by atoms with E-state index in [4.69, 9.17) is 21.4 Å². The Hall–Kier alpha value is -2.83. The van der Waals surface area contributed by atoms with E-state index in [1.54, 1.807) is 12.1 Å². The maximum absolute atomic E-state index is 8.85. The van der Waals surface area contributed by atoms with Crippen molar-refractivity contribution < 1.29 is 9.84 Å². The highest BCUT2D eigenvalue weighted by Crippen LogP contribution is 2.25. The van der Waals surface area contributed by atoms with Crippen LogP contribution in [-0.4, -0.2) is 28.2 Å². The van der Waals surface area contributed by atoms with Gasteiger partial charge in [0.2, 0.25) is 5.95 Å². The number of aliphatic hydroxyl groups excluding tert-OH is 1. The van der Waals surface area contributed by atoms with E-state index in [-0.39, 0.29) is 6.61 Å². The molecule has 7 heteroatoms. The number of anilines is 3. The topological polar surface area (TPSA) is 79.3 Å². The Morgan fingerprint density at radius 3 is 2.32 bits per heavy atom. The predicted octanol–water partition coefficient (Wildman–Crippen LogP) is 5.16. The smallest absolute Gasteiger partial charge is 0.224 e. The van der Waals surface area contributed by atoms with E-state index < -0.39 is 0 Å². The molecule has 6 nitrogen and oxygen atoms in total. The Labute approximate surface area is 169 Å². The van der Waals surface area contributed by atoms with Crippen LogP contribution in [0.5, 0.6) is 11.5 Å². The lowest BCUT2D eigenvalue weighted by Crippen LogP contribution is -2.08. The molecule has 0 fully saturated rings. The van der Waals surface area contributed by atoms with Crippen LogP contribution < -0.4 is 15.4 Å². The summed E-state index contributed by atoms with van der Waals surface area (Å²) in [6.07, 6.45) is 1.63. The first-order valence-electron chi connectivity index (χ1n) is 9.13. The number of nitrogens with zero attached hydrogens (tertiary/aromatic N) is 2. The first-order chi connectivity index (χ1) is 13.6.